The van der Waals surface area contributed by atoms with Gasteiger partial charge in [0.2, 0.25) is 5.52 Å². The number of pyridine rings is 2. The zero-order valence-corrected chi connectivity index (χ0v) is 15.1. The molecule has 128 valence electrons. The summed E-state index contributed by atoms with van der Waals surface area (Å²) in [4.78, 5) is 12.5. The molecular formula is C22H17ClN2O. The number of aromatic nitrogens is 2. The van der Waals surface area contributed by atoms with Gasteiger partial charge in [0.1, 0.15) is 5.52 Å². The van der Waals surface area contributed by atoms with E-state index >= 15 is 0 Å². The highest BCUT2D eigenvalue weighted by Crippen LogP contribution is 2.28. The van der Waals surface area contributed by atoms with E-state index in [1.54, 1.807) is 6.07 Å². The van der Waals surface area contributed by atoms with Crippen LogP contribution in [0.15, 0.2) is 77.7 Å². The molecule has 0 radical (unpaired) electrons. The van der Waals surface area contributed by atoms with Crippen molar-refractivity contribution in [1.29, 1.82) is 0 Å². The van der Waals surface area contributed by atoms with Gasteiger partial charge in [0.25, 0.3) is 5.56 Å². The molecule has 0 aliphatic carbocycles. The predicted molar refractivity (Wildman–Crippen MR) is 100 cm³/mol. The standard InChI is InChI=1S/C22H17N2O.ClH/c1-15-6-8-16(9-7-15)14-23-13-12-18-17-4-2-3-5-19(17)24-21(25)11-10-20(23)22(18)24;/h2-13H,14H2,1H3;1H/q+1;/p-1. The maximum absolute atomic E-state index is 12.5. The molecule has 5 rings (SSSR count). The summed E-state index contributed by atoms with van der Waals surface area (Å²) in [5, 5.41) is 2.25. The molecule has 26 heavy (non-hydrogen) atoms. The molecule has 3 heterocycles. The van der Waals surface area contributed by atoms with Gasteiger partial charge < -0.3 is 12.4 Å². The lowest BCUT2D eigenvalue weighted by Gasteiger charge is -2.03. The van der Waals surface area contributed by atoms with Gasteiger partial charge in [-0.15, -0.1) is 0 Å². The van der Waals surface area contributed by atoms with Crippen LogP contribution in [-0.2, 0) is 6.54 Å². The number of fused-ring (bicyclic) bond motifs is 3. The second-order valence-corrected chi connectivity index (χ2v) is 6.60. The molecule has 0 N–H and O–H groups in total. The van der Waals surface area contributed by atoms with Gasteiger partial charge in [-0.25, -0.2) is 0 Å². The number of rotatable bonds is 2. The molecule has 0 fully saturated rings. The lowest BCUT2D eigenvalue weighted by atomic mass is 10.1. The number of hydrogen-bond donors (Lipinski definition) is 0. The van der Waals surface area contributed by atoms with Crippen LogP contribution in [0.4, 0.5) is 0 Å². The lowest BCUT2D eigenvalue weighted by Crippen LogP contribution is -3.00. The average molecular weight is 361 g/mol. The van der Waals surface area contributed by atoms with Crippen molar-refractivity contribution in [3.8, 4) is 0 Å². The van der Waals surface area contributed by atoms with E-state index in [-0.39, 0.29) is 18.0 Å². The molecule has 0 amide bonds. The van der Waals surface area contributed by atoms with E-state index in [0.717, 1.165) is 33.9 Å². The monoisotopic (exact) mass is 360 g/mol. The van der Waals surface area contributed by atoms with Crippen molar-refractivity contribution in [2.45, 2.75) is 13.5 Å². The van der Waals surface area contributed by atoms with E-state index in [9.17, 15) is 4.79 Å². The summed E-state index contributed by atoms with van der Waals surface area (Å²) < 4.78 is 4.05. The molecule has 0 spiro atoms. The highest BCUT2D eigenvalue weighted by atomic mass is 35.5. The van der Waals surface area contributed by atoms with Crippen LogP contribution < -0.4 is 22.5 Å². The van der Waals surface area contributed by atoms with E-state index in [1.165, 1.54) is 11.1 Å². The van der Waals surface area contributed by atoms with E-state index < -0.39 is 0 Å². The fraction of sp³-hybridized carbons (Fsp3) is 0.0909. The van der Waals surface area contributed by atoms with Crippen molar-refractivity contribution in [2.75, 3.05) is 0 Å². The molecule has 3 aromatic heterocycles. The maximum Gasteiger partial charge on any atom is 0.256 e. The Morgan fingerprint density at radius 1 is 0.885 bits per heavy atom. The normalized spacial score (nSPS) is 11.3. The Labute approximate surface area is 156 Å². The number of hydrogen-bond acceptors (Lipinski definition) is 1. The molecule has 0 aliphatic heterocycles. The average Bonchev–Trinajstić information content (AvgIpc) is 2.97. The van der Waals surface area contributed by atoms with Gasteiger partial charge in [-0.3, -0.25) is 9.20 Å². The molecule has 3 nitrogen and oxygen atoms in total. The van der Waals surface area contributed by atoms with Crippen LogP contribution in [0, 0.1) is 6.92 Å². The maximum atomic E-state index is 12.5. The second kappa shape index (κ2) is 6.11. The minimum Gasteiger partial charge on any atom is -1.00 e. The Kier molecular flexibility index (Phi) is 3.89. The molecule has 0 saturated heterocycles. The van der Waals surface area contributed by atoms with Gasteiger partial charge in [0, 0.05) is 34.5 Å². The van der Waals surface area contributed by atoms with E-state index in [1.807, 2.05) is 28.7 Å². The Hall–Kier alpha value is -2.91. The van der Waals surface area contributed by atoms with Gasteiger partial charge in [-0.2, -0.15) is 4.57 Å². The zero-order valence-electron chi connectivity index (χ0n) is 14.3. The van der Waals surface area contributed by atoms with Crippen molar-refractivity contribution in [2.24, 2.45) is 0 Å². The lowest BCUT2D eigenvalue weighted by molar-refractivity contribution is -0.662. The van der Waals surface area contributed by atoms with Crippen LogP contribution in [0.2, 0.25) is 0 Å². The van der Waals surface area contributed by atoms with E-state index in [0.29, 0.717) is 0 Å². The first-order valence-corrected chi connectivity index (χ1v) is 8.46. The minimum atomic E-state index is 0. The first kappa shape index (κ1) is 16.6. The third-order valence-electron chi connectivity index (χ3n) is 4.96. The molecule has 0 saturated carbocycles. The first-order valence-electron chi connectivity index (χ1n) is 8.46. The summed E-state index contributed by atoms with van der Waals surface area (Å²) in [6.07, 6.45) is 2.12. The fourth-order valence-electron chi connectivity index (χ4n) is 3.72. The highest BCUT2D eigenvalue weighted by molar-refractivity contribution is 6.11. The molecular weight excluding hydrogens is 344 g/mol. The van der Waals surface area contributed by atoms with Crippen molar-refractivity contribution in [1.82, 2.24) is 4.40 Å². The van der Waals surface area contributed by atoms with Crippen LogP contribution in [0.5, 0.6) is 0 Å². The third-order valence-corrected chi connectivity index (χ3v) is 4.96. The van der Waals surface area contributed by atoms with Crippen molar-refractivity contribution >= 4 is 27.3 Å². The van der Waals surface area contributed by atoms with E-state index in [4.69, 9.17) is 0 Å². The van der Waals surface area contributed by atoms with Crippen LogP contribution >= 0.6 is 0 Å². The second-order valence-electron chi connectivity index (χ2n) is 6.60. The number of benzene rings is 2. The van der Waals surface area contributed by atoms with Gasteiger partial charge in [-0.1, -0.05) is 48.0 Å². The van der Waals surface area contributed by atoms with Crippen molar-refractivity contribution in [3.63, 3.8) is 0 Å². The first-order chi connectivity index (χ1) is 12.2. The van der Waals surface area contributed by atoms with Crippen molar-refractivity contribution in [3.05, 3.63) is 94.4 Å². The molecule has 4 heteroatoms. The summed E-state index contributed by atoms with van der Waals surface area (Å²) in [5.74, 6) is 0. The Balaban J connectivity index is 0.00000168. The Morgan fingerprint density at radius 3 is 2.46 bits per heavy atom. The summed E-state index contributed by atoms with van der Waals surface area (Å²) in [7, 11) is 0. The summed E-state index contributed by atoms with van der Waals surface area (Å²) >= 11 is 0. The quantitative estimate of drug-likeness (QED) is 0.425. The van der Waals surface area contributed by atoms with Crippen LogP contribution in [0.3, 0.4) is 0 Å². The fourth-order valence-corrected chi connectivity index (χ4v) is 3.72. The van der Waals surface area contributed by atoms with E-state index in [2.05, 4.69) is 54.1 Å². The smallest absolute Gasteiger partial charge is 0.256 e. The van der Waals surface area contributed by atoms with Gasteiger partial charge in [0.05, 0.1) is 5.52 Å². The zero-order chi connectivity index (χ0) is 17.0. The molecule has 0 unspecified atom stereocenters. The van der Waals surface area contributed by atoms with Gasteiger partial charge >= 0.3 is 0 Å². The molecule has 0 aliphatic rings. The third kappa shape index (κ3) is 2.36. The van der Waals surface area contributed by atoms with Crippen LogP contribution in [0.1, 0.15) is 11.1 Å². The Bertz CT molecular complexity index is 1290. The summed E-state index contributed by atoms with van der Waals surface area (Å²) in [5.41, 5.74) is 5.58. The topological polar surface area (TPSA) is 25.4 Å². The number of para-hydroxylation sites is 1. The number of halogens is 1. The molecule has 5 aromatic rings. The van der Waals surface area contributed by atoms with Crippen LogP contribution in [-0.4, -0.2) is 4.40 Å². The molecule has 2 aromatic carbocycles. The predicted octanol–water partition coefficient (Wildman–Crippen LogP) is 0.692. The number of nitrogens with zero attached hydrogens (tertiary/aromatic N) is 2. The molecule has 0 atom stereocenters. The summed E-state index contributed by atoms with van der Waals surface area (Å²) in [6.45, 7) is 2.88. The van der Waals surface area contributed by atoms with Gasteiger partial charge in [-0.05, 0) is 13.0 Å². The molecule has 0 bridgehead atoms. The summed E-state index contributed by atoms with van der Waals surface area (Å²) in [6, 6.07) is 22.4. The van der Waals surface area contributed by atoms with Crippen molar-refractivity contribution < 1.29 is 17.0 Å². The minimum absolute atomic E-state index is 0. The SMILES string of the molecule is Cc1ccc(C[n+]2ccc3c4ccccc4n4c(=O)ccc2c34)cc1.[Cl-]. The highest BCUT2D eigenvalue weighted by Gasteiger charge is 2.19. The van der Waals surface area contributed by atoms with Crippen LogP contribution in [0.25, 0.3) is 27.3 Å². The number of aryl methyl sites for hydroxylation is 1. The largest absolute Gasteiger partial charge is 1.00 e. The van der Waals surface area contributed by atoms with Gasteiger partial charge in [0.15, 0.2) is 12.7 Å². The Morgan fingerprint density at radius 2 is 1.65 bits per heavy atom.